The molecular formula is C45H48F3N9O5. The predicted octanol–water partition coefficient (Wildman–Crippen LogP) is 4.54. The van der Waals surface area contributed by atoms with Crippen LogP contribution >= 0.6 is 0 Å². The van der Waals surface area contributed by atoms with Gasteiger partial charge in [0.2, 0.25) is 11.8 Å². The zero-order chi connectivity index (χ0) is 43.3. The third kappa shape index (κ3) is 7.96. The first-order chi connectivity index (χ1) is 29.8. The minimum absolute atomic E-state index is 0.00554. The molecule has 9 rings (SSSR count). The van der Waals surface area contributed by atoms with Crippen molar-refractivity contribution in [1.29, 1.82) is 5.26 Å². The highest BCUT2D eigenvalue weighted by molar-refractivity contribution is 6.23. The lowest BCUT2D eigenvalue weighted by Crippen LogP contribution is -2.54. The maximum Gasteiger partial charge on any atom is 0.419 e. The van der Waals surface area contributed by atoms with Crippen LogP contribution in [0.4, 0.5) is 30.2 Å². The lowest BCUT2D eigenvalue weighted by Gasteiger charge is -2.40. The van der Waals surface area contributed by atoms with Crippen molar-refractivity contribution >= 4 is 46.6 Å². The topological polar surface area (TPSA) is 154 Å². The molecule has 0 bridgehead atoms. The van der Waals surface area contributed by atoms with Gasteiger partial charge in [0.25, 0.3) is 17.7 Å². The highest BCUT2D eigenvalue weighted by Gasteiger charge is 2.46. The SMILES string of the molecule is N#Cc1ncc(N2CCC3(CCN(C(=O)c4ccc(N5CCN(CC6CCN(c7ccc8c(c7)C(=O)N(C7CCC(=O)NC7=O)C8=O)CC6)CC5)cc4)C3)CC2)cc1C(F)(F)F. The number of aromatic nitrogens is 1. The third-order valence-corrected chi connectivity index (χ3v) is 14.0. The molecule has 6 aliphatic rings. The van der Waals surface area contributed by atoms with Crippen molar-refractivity contribution in [1.82, 2.24) is 25.0 Å². The number of fused-ring (bicyclic) bond motifs is 1. The van der Waals surface area contributed by atoms with E-state index < -0.39 is 47.1 Å². The number of piperazine rings is 1. The molecule has 1 spiro atoms. The number of nitriles is 1. The standard InChI is InChI=1S/C45H48F3N9O5/c46-45(47,48)36-24-33(26-50-37(36)25-49)54-16-11-44(12-17-54)13-18-56(28-44)41(60)30-1-3-31(4-2-30)55-21-19-52(20-22-55)27-29-9-14-53(15-10-29)32-5-6-34-35(23-32)43(62)57(42(34)61)38-7-8-39(58)51-40(38)59/h1-6,23-24,26,29,38H,7-22,27-28H2,(H,51,58,59). The number of hydrogen-bond donors (Lipinski definition) is 1. The molecule has 0 radical (unpaired) electrons. The molecule has 5 fully saturated rings. The molecular weight excluding hydrogens is 804 g/mol. The van der Waals surface area contributed by atoms with Crippen LogP contribution in [0.5, 0.6) is 0 Å². The number of alkyl halides is 3. The molecule has 3 aromatic rings. The van der Waals surface area contributed by atoms with Crippen LogP contribution in [-0.2, 0) is 15.8 Å². The first kappa shape index (κ1) is 41.3. The first-order valence-electron chi connectivity index (χ1n) is 21.5. The summed E-state index contributed by atoms with van der Waals surface area (Å²) in [7, 11) is 0. The van der Waals surface area contributed by atoms with E-state index in [-0.39, 0.29) is 29.7 Å². The maximum atomic E-state index is 13.6. The van der Waals surface area contributed by atoms with E-state index in [2.05, 4.69) is 25.0 Å². The summed E-state index contributed by atoms with van der Waals surface area (Å²) in [6, 6.07) is 14.7. The van der Waals surface area contributed by atoms with Crippen LogP contribution in [0, 0.1) is 22.7 Å². The van der Waals surface area contributed by atoms with Crippen LogP contribution in [0.25, 0.3) is 0 Å². The molecule has 7 heterocycles. The largest absolute Gasteiger partial charge is 0.419 e. The molecule has 17 heteroatoms. The van der Waals surface area contributed by atoms with Crippen LogP contribution in [0.3, 0.4) is 0 Å². The Morgan fingerprint density at radius 3 is 2.10 bits per heavy atom. The summed E-state index contributed by atoms with van der Waals surface area (Å²) >= 11 is 0. The number of amides is 5. The van der Waals surface area contributed by atoms with E-state index in [1.165, 1.54) is 12.3 Å². The molecule has 2 aromatic carbocycles. The van der Waals surface area contributed by atoms with Gasteiger partial charge in [0, 0.05) is 95.4 Å². The van der Waals surface area contributed by atoms with Crippen molar-refractivity contribution in [3.05, 3.63) is 82.7 Å². The summed E-state index contributed by atoms with van der Waals surface area (Å²) in [5.74, 6) is -1.49. The number of benzene rings is 2. The van der Waals surface area contributed by atoms with Crippen LogP contribution in [0.1, 0.15) is 87.3 Å². The molecule has 324 valence electrons. The van der Waals surface area contributed by atoms with Gasteiger partial charge in [0.1, 0.15) is 12.1 Å². The monoisotopic (exact) mass is 851 g/mol. The first-order valence-corrected chi connectivity index (χ1v) is 21.5. The lowest BCUT2D eigenvalue weighted by molar-refractivity contribution is -0.138. The summed E-state index contributed by atoms with van der Waals surface area (Å²) < 4.78 is 40.6. The minimum atomic E-state index is -4.66. The summed E-state index contributed by atoms with van der Waals surface area (Å²) in [6.07, 6.45) is 1.24. The van der Waals surface area contributed by atoms with E-state index in [4.69, 9.17) is 5.26 Å². The average molecular weight is 852 g/mol. The Bertz CT molecular complexity index is 2330. The van der Waals surface area contributed by atoms with E-state index in [0.29, 0.717) is 48.9 Å². The van der Waals surface area contributed by atoms with E-state index in [1.807, 2.05) is 40.1 Å². The molecule has 1 aromatic heterocycles. The number of rotatable bonds is 7. The van der Waals surface area contributed by atoms with E-state index >= 15 is 0 Å². The molecule has 0 aliphatic carbocycles. The van der Waals surface area contributed by atoms with Crippen molar-refractivity contribution in [2.75, 3.05) is 86.7 Å². The third-order valence-electron chi connectivity index (χ3n) is 14.0. The summed E-state index contributed by atoms with van der Waals surface area (Å²) in [5, 5.41) is 11.3. The quantitative estimate of drug-likeness (QED) is 0.334. The Morgan fingerprint density at radius 1 is 0.774 bits per heavy atom. The molecule has 14 nitrogen and oxygen atoms in total. The van der Waals surface area contributed by atoms with Crippen molar-refractivity contribution in [3.63, 3.8) is 0 Å². The number of imide groups is 2. The highest BCUT2D eigenvalue weighted by atomic mass is 19.4. The van der Waals surface area contributed by atoms with Crippen molar-refractivity contribution in [2.45, 2.75) is 57.2 Å². The number of anilines is 3. The number of nitrogens with one attached hydrogen (secondary N) is 1. The molecule has 6 aliphatic heterocycles. The van der Waals surface area contributed by atoms with Crippen molar-refractivity contribution in [3.8, 4) is 6.07 Å². The Balaban J connectivity index is 0.717. The van der Waals surface area contributed by atoms with E-state index in [0.717, 1.165) is 100 Å². The summed E-state index contributed by atoms with van der Waals surface area (Å²) in [5.41, 5.74) is 1.82. The van der Waals surface area contributed by atoms with Gasteiger partial charge in [-0.3, -0.25) is 39.1 Å². The zero-order valence-corrected chi connectivity index (χ0v) is 34.3. The van der Waals surface area contributed by atoms with Gasteiger partial charge in [0.05, 0.1) is 28.6 Å². The number of hydrogen-bond acceptors (Lipinski definition) is 11. The minimum Gasteiger partial charge on any atom is -0.371 e. The Morgan fingerprint density at radius 2 is 1.42 bits per heavy atom. The molecule has 1 unspecified atom stereocenters. The second-order valence-electron chi connectivity index (χ2n) is 17.6. The van der Waals surface area contributed by atoms with Gasteiger partial charge >= 0.3 is 6.18 Å². The van der Waals surface area contributed by atoms with Gasteiger partial charge in [-0.05, 0) is 98.4 Å². The van der Waals surface area contributed by atoms with E-state index in [1.54, 1.807) is 12.1 Å². The second kappa shape index (κ2) is 16.4. The number of pyridine rings is 1. The van der Waals surface area contributed by atoms with Gasteiger partial charge in [-0.15, -0.1) is 0 Å². The van der Waals surface area contributed by atoms with Crippen molar-refractivity contribution in [2.24, 2.45) is 11.3 Å². The van der Waals surface area contributed by atoms with Crippen LogP contribution in [-0.4, -0.2) is 127 Å². The molecule has 5 saturated heterocycles. The summed E-state index contributed by atoms with van der Waals surface area (Å²) in [4.78, 5) is 79.9. The normalized spacial score (nSPS) is 22.4. The Labute approximate surface area is 357 Å². The molecule has 0 saturated carbocycles. The van der Waals surface area contributed by atoms with Gasteiger partial charge in [0.15, 0.2) is 5.69 Å². The van der Waals surface area contributed by atoms with Gasteiger partial charge in [-0.25, -0.2) is 4.98 Å². The fourth-order valence-corrected chi connectivity index (χ4v) is 10.3. The fraction of sp³-hybridized carbons (Fsp3) is 0.489. The fourth-order valence-electron chi connectivity index (χ4n) is 10.3. The highest BCUT2D eigenvalue weighted by Crippen LogP contribution is 2.43. The van der Waals surface area contributed by atoms with Crippen LogP contribution < -0.4 is 20.0 Å². The number of carbonyl (C=O) groups excluding carboxylic acids is 5. The number of halogens is 3. The molecule has 5 amide bonds. The maximum absolute atomic E-state index is 13.6. The predicted molar refractivity (Wildman–Crippen MR) is 222 cm³/mol. The number of likely N-dealkylation sites (tertiary alicyclic amines) is 1. The number of carbonyl (C=O) groups is 5. The van der Waals surface area contributed by atoms with E-state index in [9.17, 15) is 37.1 Å². The zero-order valence-electron chi connectivity index (χ0n) is 34.3. The van der Waals surface area contributed by atoms with Crippen LogP contribution in [0.2, 0.25) is 0 Å². The number of nitrogens with zero attached hydrogens (tertiary/aromatic N) is 8. The Hall–Kier alpha value is -6.02. The van der Waals surface area contributed by atoms with Crippen molar-refractivity contribution < 1.29 is 37.1 Å². The summed E-state index contributed by atoms with van der Waals surface area (Å²) in [6.45, 7) is 8.66. The van der Waals surface area contributed by atoms with Gasteiger partial charge in [-0.1, -0.05) is 0 Å². The molecule has 1 atom stereocenters. The molecule has 62 heavy (non-hydrogen) atoms. The second-order valence-corrected chi connectivity index (χ2v) is 17.6. The number of piperidine rings is 3. The van der Waals surface area contributed by atoms with Crippen LogP contribution in [0.15, 0.2) is 54.7 Å². The lowest BCUT2D eigenvalue weighted by atomic mass is 9.77. The van der Waals surface area contributed by atoms with Gasteiger partial charge < -0.3 is 19.6 Å². The Kier molecular flexibility index (Phi) is 10.9. The molecule has 1 N–H and O–H groups in total. The smallest absolute Gasteiger partial charge is 0.371 e. The van der Waals surface area contributed by atoms with Gasteiger partial charge in [-0.2, -0.15) is 18.4 Å². The average Bonchev–Trinajstić information content (AvgIpc) is 3.80.